The van der Waals surface area contributed by atoms with E-state index in [4.69, 9.17) is 14.2 Å². The van der Waals surface area contributed by atoms with E-state index < -0.39 is 6.09 Å². The molecule has 2 saturated heterocycles. The quantitative estimate of drug-likeness (QED) is 0.756. The standard InChI is InChI=1S/C12H16N2O4/c1-8-10(9-3-2-6-16-11(9)17-8)18-12(15)14-5-4-13-7-14/h4-5,7-11H,2-3,6H2,1H3/t8-,9-,10-,11+/m1/s1. The van der Waals surface area contributed by atoms with Crippen molar-refractivity contribution in [3.8, 4) is 0 Å². The van der Waals surface area contributed by atoms with E-state index in [1.807, 2.05) is 6.92 Å². The summed E-state index contributed by atoms with van der Waals surface area (Å²) < 4.78 is 18.1. The Labute approximate surface area is 105 Å². The van der Waals surface area contributed by atoms with Crippen molar-refractivity contribution in [1.29, 1.82) is 0 Å². The number of rotatable bonds is 1. The molecule has 6 heteroatoms. The maximum atomic E-state index is 11.9. The zero-order valence-corrected chi connectivity index (χ0v) is 10.2. The number of hydrogen-bond donors (Lipinski definition) is 0. The second kappa shape index (κ2) is 4.70. The van der Waals surface area contributed by atoms with Gasteiger partial charge in [-0.2, -0.15) is 0 Å². The van der Waals surface area contributed by atoms with Crippen LogP contribution in [0.25, 0.3) is 0 Å². The van der Waals surface area contributed by atoms with Crippen molar-refractivity contribution in [3.63, 3.8) is 0 Å². The normalized spacial score (nSPS) is 35.2. The maximum absolute atomic E-state index is 11.9. The van der Waals surface area contributed by atoms with Gasteiger partial charge in [0.1, 0.15) is 12.4 Å². The molecule has 3 rings (SSSR count). The molecule has 4 atom stereocenters. The molecule has 2 aliphatic heterocycles. The fourth-order valence-electron chi connectivity index (χ4n) is 2.60. The van der Waals surface area contributed by atoms with E-state index in [0.717, 1.165) is 19.4 Å². The number of carbonyl (C=O) groups excluding carboxylic acids is 1. The van der Waals surface area contributed by atoms with E-state index in [2.05, 4.69) is 4.98 Å². The highest BCUT2D eigenvalue weighted by molar-refractivity contribution is 5.70. The lowest BCUT2D eigenvalue weighted by atomic mass is 9.94. The minimum atomic E-state index is -0.417. The first-order chi connectivity index (χ1) is 8.75. The third-order valence-corrected chi connectivity index (χ3v) is 3.50. The van der Waals surface area contributed by atoms with E-state index in [1.165, 1.54) is 10.9 Å². The topological polar surface area (TPSA) is 62.6 Å². The van der Waals surface area contributed by atoms with Gasteiger partial charge in [0.05, 0.1) is 6.10 Å². The SMILES string of the molecule is C[C@H]1O[C@@H]2OCCC[C@@H]2[C@@H]1OC(=O)n1ccnc1. The van der Waals surface area contributed by atoms with Crippen LogP contribution >= 0.6 is 0 Å². The summed E-state index contributed by atoms with van der Waals surface area (Å²) in [7, 11) is 0. The van der Waals surface area contributed by atoms with Gasteiger partial charge in [0, 0.05) is 24.9 Å². The van der Waals surface area contributed by atoms with Crippen LogP contribution in [-0.4, -0.2) is 40.7 Å². The van der Waals surface area contributed by atoms with Crippen molar-refractivity contribution in [1.82, 2.24) is 9.55 Å². The first-order valence-electron chi connectivity index (χ1n) is 6.22. The molecular formula is C12H16N2O4. The van der Waals surface area contributed by atoms with Gasteiger partial charge in [-0.3, -0.25) is 0 Å². The van der Waals surface area contributed by atoms with Crippen LogP contribution in [0.15, 0.2) is 18.7 Å². The van der Waals surface area contributed by atoms with E-state index in [1.54, 1.807) is 12.4 Å². The Hall–Kier alpha value is -1.40. The predicted molar refractivity (Wildman–Crippen MR) is 60.9 cm³/mol. The van der Waals surface area contributed by atoms with Crippen LogP contribution < -0.4 is 0 Å². The molecule has 0 unspecified atom stereocenters. The monoisotopic (exact) mass is 252 g/mol. The molecule has 1 aromatic heterocycles. The Bertz CT molecular complexity index is 420. The Balaban J connectivity index is 1.70. The molecule has 1 aromatic rings. The summed E-state index contributed by atoms with van der Waals surface area (Å²) in [5.41, 5.74) is 0. The fourth-order valence-corrected chi connectivity index (χ4v) is 2.60. The minimum absolute atomic E-state index is 0.134. The Morgan fingerprint density at radius 1 is 1.56 bits per heavy atom. The Morgan fingerprint density at radius 3 is 3.22 bits per heavy atom. The third-order valence-electron chi connectivity index (χ3n) is 3.50. The average molecular weight is 252 g/mol. The van der Waals surface area contributed by atoms with Crippen LogP contribution in [-0.2, 0) is 14.2 Å². The molecule has 0 N–H and O–H groups in total. The molecule has 0 aromatic carbocycles. The van der Waals surface area contributed by atoms with Gasteiger partial charge in [0.15, 0.2) is 6.29 Å². The highest BCUT2D eigenvalue weighted by atomic mass is 16.7. The molecule has 0 saturated carbocycles. The highest BCUT2D eigenvalue weighted by Crippen LogP contribution is 2.36. The number of aromatic nitrogens is 2. The van der Waals surface area contributed by atoms with Crippen LogP contribution in [0.5, 0.6) is 0 Å². The summed E-state index contributed by atoms with van der Waals surface area (Å²) in [5, 5.41) is 0. The largest absolute Gasteiger partial charge is 0.442 e. The Morgan fingerprint density at radius 2 is 2.44 bits per heavy atom. The molecule has 2 aliphatic rings. The molecular weight excluding hydrogens is 236 g/mol. The van der Waals surface area contributed by atoms with Gasteiger partial charge in [-0.25, -0.2) is 14.3 Å². The van der Waals surface area contributed by atoms with Crippen molar-refractivity contribution >= 4 is 6.09 Å². The average Bonchev–Trinajstić information content (AvgIpc) is 2.98. The molecule has 18 heavy (non-hydrogen) atoms. The van der Waals surface area contributed by atoms with Crippen LogP contribution in [0.1, 0.15) is 19.8 Å². The number of fused-ring (bicyclic) bond motifs is 1. The van der Waals surface area contributed by atoms with Gasteiger partial charge in [0.2, 0.25) is 0 Å². The van der Waals surface area contributed by atoms with Crippen molar-refractivity contribution in [2.24, 2.45) is 5.92 Å². The smallest absolute Gasteiger partial charge is 0.419 e. The molecule has 2 fully saturated rings. The van der Waals surface area contributed by atoms with Crippen molar-refractivity contribution in [2.75, 3.05) is 6.61 Å². The molecule has 0 radical (unpaired) electrons. The zero-order valence-electron chi connectivity index (χ0n) is 10.2. The highest BCUT2D eigenvalue weighted by Gasteiger charge is 2.46. The molecule has 6 nitrogen and oxygen atoms in total. The minimum Gasteiger partial charge on any atom is -0.442 e. The number of carbonyl (C=O) groups is 1. The lowest BCUT2D eigenvalue weighted by Gasteiger charge is -2.27. The summed E-state index contributed by atoms with van der Waals surface area (Å²) in [6.07, 6.45) is 5.47. The van der Waals surface area contributed by atoms with E-state index in [9.17, 15) is 4.79 Å². The summed E-state index contributed by atoms with van der Waals surface area (Å²) in [6.45, 7) is 2.63. The van der Waals surface area contributed by atoms with Gasteiger partial charge >= 0.3 is 6.09 Å². The van der Waals surface area contributed by atoms with Crippen LogP contribution in [0, 0.1) is 5.92 Å². The second-order valence-electron chi connectivity index (χ2n) is 4.70. The molecule has 0 aliphatic carbocycles. The first kappa shape index (κ1) is 11.7. The number of ether oxygens (including phenoxy) is 3. The molecule has 3 heterocycles. The maximum Gasteiger partial charge on any atom is 0.419 e. The first-order valence-corrected chi connectivity index (χ1v) is 6.22. The molecule has 98 valence electrons. The van der Waals surface area contributed by atoms with Crippen LogP contribution in [0.2, 0.25) is 0 Å². The second-order valence-corrected chi connectivity index (χ2v) is 4.70. The summed E-state index contributed by atoms with van der Waals surface area (Å²) in [6, 6.07) is 0. The number of hydrogen-bond acceptors (Lipinski definition) is 5. The van der Waals surface area contributed by atoms with Gasteiger partial charge in [-0.15, -0.1) is 0 Å². The van der Waals surface area contributed by atoms with Crippen molar-refractivity contribution < 1.29 is 19.0 Å². The van der Waals surface area contributed by atoms with Crippen molar-refractivity contribution in [2.45, 2.75) is 38.3 Å². The van der Waals surface area contributed by atoms with Crippen LogP contribution in [0.3, 0.4) is 0 Å². The third kappa shape index (κ3) is 2.02. The lowest BCUT2D eigenvalue weighted by molar-refractivity contribution is -0.164. The van der Waals surface area contributed by atoms with Gasteiger partial charge in [-0.1, -0.05) is 0 Å². The summed E-state index contributed by atoms with van der Waals surface area (Å²) >= 11 is 0. The van der Waals surface area contributed by atoms with E-state index in [0.29, 0.717) is 0 Å². The fraction of sp³-hybridized carbons (Fsp3) is 0.667. The summed E-state index contributed by atoms with van der Waals surface area (Å²) in [4.78, 5) is 15.7. The van der Waals surface area contributed by atoms with E-state index in [-0.39, 0.29) is 24.4 Å². The van der Waals surface area contributed by atoms with Crippen molar-refractivity contribution in [3.05, 3.63) is 18.7 Å². The van der Waals surface area contributed by atoms with Gasteiger partial charge < -0.3 is 14.2 Å². The van der Waals surface area contributed by atoms with Gasteiger partial charge in [0.25, 0.3) is 0 Å². The van der Waals surface area contributed by atoms with Crippen LogP contribution in [0.4, 0.5) is 4.79 Å². The number of imidazole rings is 1. The number of nitrogens with zero attached hydrogens (tertiary/aromatic N) is 2. The van der Waals surface area contributed by atoms with E-state index >= 15 is 0 Å². The molecule has 0 spiro atoms. The zero-order chi connectivity index (χ0) is 12.5. The molecule has 0 amide bonds. The van der Waals surface area contributed by atoms with Gasteiger partial charge in [-0.05, 0) is 19.8 Å². The summed E-state index contributed by atoms with van der Waals surface area (Å²) in [5.74, 6) is 0.140. The lowest BCUT2D eigenvalue weighted by Crippen LogP contribution is -2.35. The predicted octanol–water partition coefficient (Wildman–Crippen LogP) is 1.41. The Kier molecular flexibility index (Phi) is 3.05. The molecule has 0 bridgehead atoms.